The Morgan fingerprint density at radius 2 is 2.08 bits per heavy atom. The molecule has 0 saturated carbocycles. The zero-order valence-electron chi connectivity index (χ0n) is 7.27. The summed E-state index contributed by atoms with van der Waals surface area (Å²) in [5, 5.41) is 3.41. The van der Waals surface area contributed by atoms with Crippen molar-refractivity contribution in [2.24, 2.45) is 5.11 Å². The Bertz CT molecular complexity index is 350. The normalized spacial score (nSPS) is 9.00. The van der Waals surface area contributed by atoms with Gasteiger partial charge >= 0.3 is 0 Å². The molecule has 0 N–H and O–H groups in total. The summed E-state index contributed by atoms with van der Waals surface area (Å²) < 4.78 is 0. The Morgan fingerprint density at radius 1 is 1.46 bits per heavy atom. The Labute approximate surface area is 75.8 Å². The first-order valence-electron chi connectivity index (χ1n) is 3.85. The third kappa shape index (κ3) is 2.61. The van der Waals surface area contributed by atoms with E-state index in [9.17, 15) is 4.79 Å². The molecule has 0 bridgehead atoms. The predicted molar refractivity (Wildman–Crippen MR) is 49.3 cm³/mol. The highest BCUT2D eigenvalue weighted by Crippen LogP contribution is 2.06. The number of Topliss-reactive ketones (excluding diaryl/α,β-unsaturated/α-hetero) is 1. The molecule has 0 aromatic heterocycles. The van der Waals surface area contributed by atoms with Gasteiger partial charge in [0, 0.05) is 10.5 Å². The minimum absolute atomic E-state index is 0.0373. The molecule has 0 atom stereocenters. The van der Waals surface area contributed by atoms with Crippen LogP contribution in [0.3, 0.4) is 0 Å². The molecule has 4 nitrogen and oxygen atoms in total. The number of carbonyl (C=O) groups is 1. The van der Waals surface area contributed by atoms with Gasteiger partial charge in [-0.25, -0.2) is 0 Å². The molecule has 0 radical (unpaired) electrons. The molecule has 0 saturated heterocycles. The lowest BCUT2D eigenvalue weighted by Crippen LogP contribution is -1.91. The fourth-order valence-electron chi connectivity index (χ4n) is 0.958. The van der Waals surface area contributed by atoms with Crippen LogP contribution in [0.2, 0.25) is 0 Å². The molecule has 0 unspecified atom stereocenters. The number of carbonyl (C=O) groups excluding carboxylic acids is 1. The van der Waals surface area contributed by atoms with E-state index in [2.05, 4.69) is 10.0 Å². The van der Waals surface area contributed by atoms with Gasteiger partial charge in [0.15, 0.2) is 5.78 Å². The summed E-state index contributed by atoms with van der Waals surface area (Å²) in [6.07, 6.45) is 0. The summed E-state index contributed by atoms with van der Waals surface area (Å²) in [7, 11) is 0. The minimum Gasteiger partial charge on any atom is -0.295 e. The van der Waals surface area contributed by atoms with E-state index in [1.807, 2.05) is 0 Å². The van der Waals surface area contributed by atoms with Gasteiger partial charge < -0.3 is 0 Å². The highest BCUT2D eigenvalue weighted by molar-refractivity contribution is 5.93. The van der Waals surface area contributed by atoms with Gasteiger partial charge in [0.2, 0.25) is 0 Å². The van der Waals surface area contributed by atoms with Crippen molar-refractivity contribution in [2.75, 3.05) is 0 Å². The molecule has 0 fully saturated rings. The van der Waals surface area contributed by atoms with E-state index in [-0.39, 0.29) is 5.78 Å². The lowest BCUT2D eigenvalue weighted by atomic mass is 10.1. The Kier molecular flexibility index (Phi) is 3.06. The average molecular weight is 175 g/mol. The van der Waals surface area contributed by atoms with E-state index in [0.29, 0.717) is 12.1 Å². The fraction of sp³-hybridized carbons (Fsp3) is 0.222. The zero-order chi connectivity index (χ0) is 9.68. The first-order chi connectivity index (χ1) is 6.24. The van der Waals surface area contributed by atoms with E-state index < -0.39 is 0 Å². The van der Waals surface area contributed by atoms with Crippen molar-refractivity contribution in [3.8, 4) is 0 Å². The third-order valence-corrected chi connectivity index (χ3v) is 1.68. The lowest BCUT2D eigenvalue weighted by molar-refractivity contribution is 0.101. The summed E-state index contributed by atoms with van der Waals surface area (Å²) in [5.41, 5.74) is 9.65. The van der Waals surface area contributed by atoms with E-state index >= 15 is 0 Å². The molecule has 0 aliphatic rings. The Morgan fingerprint density at radius 3 is 2.54 bits per heavy atom. The van der Waals surface area contributed by atoms with Crippen molar-refractivity contribution < 1.29 is 4.79 Å². The number of hydrogen-bond donors (Lipinski definition) is 0. The van der Waals surface area contributed by atoms with Crippen LogP contribution in [0.25, 0.3) is 10.4 Å². The quantitative estimate of drug-likeness (QED) is 0.301. The van der Waals surface area contributed by atoms with Gasteiger partial charge in [-0.1, -0.05) is 29.4 Å². The first-order valence-corrected chi connectivity index (χ1v) is 3.85. The summed E-state index contributed by atoms with van der Waals surface area (Å²) >= 11 is 0. The maximum atomic E-state index is 10.9. The molecular weight excluding hydrogens is 166 g/mol. The summed E-state index contributed by atoms with van der Waals surface area (Å²) in [6.45, 7) is 1.84. The van der Waals surface area contributed by atoms with Gasteiger partial charge in [-0.2, -0.15) is 0 Å². The SMILES string of the molecule is CC(=O)c1ccc(CN=[N+]=[N-])cc1. The molecule has 4 heteroatoms. The van der Waals surface area contributed by atoms with Crippen molar-refractivity contribution in [1.29, 1.82) is 0 Å². The molecule has 0 aliphatic heterocycles. The topological polar surface area (TPSA) is 65.8 Å². The molecule has 66 valence electrons. The van der Waals surface area contributed by atoms with Crippen LogP contribution in [0.15, 0.2) is 29.4 Å². The summed E-state index contributed by atoms with van der Waals surface area (Å²) in [6, 6.07) is 7.02. The number of rotatable bonds is 3. The molecule has 1 aromatic rings. The van der Waals surface area contributed by atoms with E-state index in [1.165, 1.54) is 6.92 Å². The fourth-order valence-corrected chi connectivity index (χ4v) is 0.958. The molecule has 1 aromatic carbocycles. The molecule has 0 heterocycles. The third-order valence-electron chi connectivity index (χ3n) is 1.68. The van der Waals surface area contributed by atoms with Gasteiger partial charge in [-0.3, -0.25) is 4.79 Å². The van der Waals surface area contributed by atoms with Crippen LogP contribution in [0.5, 0.6) is 0 Å². The number of ketones is 1. The highest BCUT2D eigenvalue weighted by Gasteiger charge is 1.97. The van der Waals surface area contributed by atoms with Crippen molar-refractivity contribution in [2.45, 2.75) is 13.5 Å². The van der Waals surface area contributed by atoms with Gasteiger partial charge in [0.05, 0.1) is 6.54 Å². The smallest absolute Gasteiger partial charge is 0.159 e. The van der Waals surface area contributed by atoms with Crippen LogP contribution < -0.4 is 0 Å². The average Bonchev–Trinajstić information content (AvgIpc) is 2.15. The largest absolute Gasteiger partial charge is 0.295 e. The van der Waals surface area contributed by atoms with Crippen molar-refractivity contribution in [3.63, 3.8) is 0 Å². The van der Waals surface area contributed by atoms with Crippen LogP contribution >= 0.6 is 0 Å². The summed E-state index contributed by atoms with van der Waals surface area (Å²) in [4.78, 5) is 13.5. The second-order valence-electron chi connectivity index (χ2n) is 2.64. The first kappa shape index (κ1) is 9.29. The highest BCUT2D eigenvalue weighted by atomic mass is 16.1. The number of benzene rings is 1. The number of hydrogen-bond acceptors (Lipinski definition) is 2. The van der Waals surface area contributed by atoms with E-state index in [1.54, 1.807) is 24.3 Å². The van der Waals surface area contributed by atoms with Crippen molar-refractivity contribution in [1.82, 2.24) is 0 Å². The van der Waals surface area contributed by atoms with Crippen LogP contribution in [0, 0.1) is 0 Å². The van der Waals surface area contributed by atoms with Crippen LogP contribution in [0.1, 0.15) is 22.8 Å². The molecular formula is C9H9N3O. The molecule has 0 aliphatic carbocycles. The number of azide groups is 1. The second kappa shape index (κ2) is 4.28. The van der Waals surface area contributed by atoms with Gasteiger partial charge in [-0.15, -0.1) is 0 Å². The molecule has 13 heavy (non-hydrogen) atoms. The van der Waals surface area contributed by atoms with Gasteiger partial charge in [0.25, 0.3) is 0 Å². The van der Waals surface area contributed by atoms with Crippen LogP contribution in [-0.2, 0) is 6.54 Å². The zero-order valence-corrected chi connectivity index (χ0v) is 7.27. The second-order valence-corrected chi connectivity index (χ2v) is 2.64. The molecule has 0 amide bonds. The Hall–Kier alpha value is -1.80. The molecule has 1 rings (SSSR count). The van der Waals surface area contributed by atoms with Gasteiger partial charge in [0.1, 0.15) is 0 Å². The van der Waals surface area contributed by atoms with Crippen LogP contribution in [0.4, 0.5) is 0 Å². The lowest BCUT2D eigenvalue weighted by Gasteiger charge is -1.97. The van der Waals surface area contributed by atoms with E-state index in [4.69, 9.17) is 5.53 Å². The standard InChI is InChI=1S/C9H9N3O/c1-7(13)9-4-2-8(3-5-9)6-11-12-10/h2-5H,6H2,1H3. The molecule has 0 spiro atoms. The van der Waals surface area contributed by atoms with Gasteiger partial charge in [-0.05, 0) is 18.0 Å². The Balaban J connectivity index is 2.80. The monoisotopic (exact) mass is 175 g/mol. The summed E-state index contributed by atoms with van der Waals surface area (Å²) in [5.74, 6) is 0.0373. The van der Waals surface area contributed by atoms with Crippen LogP contribution in [-0.4, -0.2) is 5.78 Å². The van der Waals surface area contributed by atoms with E-state index in [0.717, 1.165) is 5.56 Å². The maximum absolute atomic E-state index is 10.9. The predicted octanol–water partition coefficient (Wildman–Crippen LogP) is 2.70. The van der Waals surface area contributed by atoms with Crippen molar-refractivity contribution in [3.05, 3.63) is 45.8 Å². The minimum atomic E-state index is 0.0373. The maximum Gasteiger partial charge on any atom is 0.159 e. The number of nitrogens with zero attached hydrogens (tertiary/aromatic N) is 3. The van der Waals surface area contributed by atoms with Crippen molar-refractivity contribution >= 4 is 5.78 Å².